The number of likely N-dealkylation sites (N-methyl/N-ethyl adjacent to an activating group) is 1. The highest BCUT2D eigenvalue weighted by atomic mass is 16.7. The molecule has 248 valence electrons. The molecule has 12 atom stereocenters. The molecule has 1 amide bonds. The minimum absolute atomic E-state index is 0.0478. The lowest BCUT2D eigenvalue weighted by atomic mass is 9.72. The van der Waals surface area contributed by atoms with Gasteiger partial charge < -0.3 is 73.5 Å². The van der Waals surface area contributed by atoms with Crippen molar-refractivity contribution in [3.63, 3.8) is 0 Å². The molecule has 0 bridgehead atoms. The van der Waals surface area contributed by atoms with Crippen LogP contribution in [-0.4, -0.2) is 132 Å². The van der Waals surface area contributed by atoms with Gasteiger partial charge in [0.15, 0.2) is 6.29 Å². The summed E-state index contributed by atoms with van der Waals surface area (Å²) in [5, 5.41) is 52.8. The Morgan fingerprint density at radius 2 is 1.91 bits per heavy atom. The van der Waals surface area contributed by atoms with Gasteiger partial charge in [-0.3, -0.25) is 4.79 Å². The Morgan fingerprint density at radius 3 is 2.56 bits per heavy atom. The van der Waals surface area contributed by atoms with Crippen molar-refractivity contribution in [3.05, 3.63) is 11.8 Å². The summed E-state index contributed by atoms with van der Waals surface area (Å²) in [5.41, 5.74) is 23.2. The summed E-state index contributed by atoms with van der Waals surface area (Å²) in [5.74, 6) is -0.128. The average molecular weight is 616 g/mol. The summed E-state index contributed by atoms with van der Waals surface area (Å²) in [6.07, 6.45) is -2.33. The molecule has 0 aromatic carbocycles. The van der Waals surface area contributed by atoms with Crippen LogP contribution in [0.25, 0.3) is 0 Å². The van der Waals surface area contributed by atoms with Crippen LogP contribution in [0.3, 0.4) is 0 Å². The first-order valence-corrected chi connectivity index (χ1v) is 15.4. The van der Waals surface area contributed by atoms with E-state index < -0.39 is 78.4 Å². The van der Waals surface area contributed by atoms with Crippen LogP contribution in [0.2, 0.25) is 0 Å². The maximum Gasteiger partial charge on any atom is 0.249 e. The molecule has 15 nitrogen and oxygen atoms in total. The Hall–Kier alpha value is -1.47. The van der Waals surface area contributed by atoms with E-state index in [1.807, 2.05) is 6.08 Å². The molecule has 1 unspecified atom stereocenters. The molecule has 2 aliphatic heterocycles. The SMILES string of the molecule is CN[C@@H]1[C@@H](O)[C@@H](O[C@H]2[C@H](NC(=O)[C@@H](O)CCN)C[C@H](N)C([C@H]3OC(CNC[C@H]4C[C@H](N)C4)=CC[C@H]3N)[C@@H]2O)OC[C@]1(C)O. The zero-order valence-corrected chi connectivity index (χ0v) is 25.2. The van der Waals surface area contributed by atoms with E-state index >= 15 is 0 Å². The largest absolute Gasteiger partial charge is 0.492 e. The number of rotatable bonds is 12. The predicted octanol–water partition coefficient (Wildman–Crippen LogP) is -4.34. The van der Waals surface area contributed by atoms with Crippen molar-refractivity contribution in [2.45, 2.75) is 112 Å². The smallest absolute Gasteiger partial charge is 0.249 e. The zero-order valence-electron chi connectivity index (χ0n) is 25.2. The van der Waals surface area contributed by atoms with E-state index in [4.69, 9.17) is 37.1 Å². The van der Waals surface area contributed by atoms with Gasteiger partial charge in [-0.1, -0.05) is 0 Å². The van der Waals surface area contributed by atoms with E-state index in [0.29, 0.717) is 24.6 Å². The molecule has 15 heteroatoms. The van der Waals surface area contributed by atoms with Gasteiger partial charge >= 0.3 is 0 Å². The van der Waals surface area contributed by atoms with Crippen LogP contribution in [0.1, 0.15) is 39.0 Å². The standard InChI is InChI=1S/C28H53N7O8/c1-28(40)12-41-27(22(38)25(28)33-2)43-24-18(35-26(39)19(36)5-6-29)9-17(32)20(21(24)37)23-16(31)4-3-15(42-23)11-34-10-13-7-14(30)8-13/h3,13-14,16-25,27,33-34,36-38,40H,4-12,29-32H2,1-2H3,(H,35,39)/t13-,14-,16-,17+,18-,19+,20?,21+,22-,23+,24+,25-,27-,28+/m1/s1. The van der Waals surface area contributed by atoms with Crippen molar-refractivity contribution in [2.75, 3.05) is 33.3 Å². The van der Waals surface area contributed by atoms with Crippen LogP contribution in [-0.2, 0) is 19.0 Å². The Kier molecular flexibility index (Phi) is 11.8. The van der Waals surface area contributed by atoms with Gasteiger partial charge in [0.05, 0.1) is 31.3 Å². The van der Waals surface area contributed by atoms with Gasteiger partial charge in [0.25, 0.3) is 0 Å². The van der Waals surface area contributed by atoms with Crippen molar-refractivity contribution in [3.8, 4) is 0 Å². The summed E-state index contributed by atoms with van der Waals surface area (Å²) in [6, 6.07) is -2.49. The Morgan fingerprint density at radius 1 is 1.19 bits per heavy atom. The van der Waals surface area contributed by atoms with Crippen LogP contribution in [0, 0.1) is 11.8 Å². The van der Waals surface area contributed by atoms with Gasteiger partial charge in [-0.15, -0.1) is 0 Å². The fraction of sp³-hybridized carbons (Fsp3) is 0.893. The van der Waals surface area contributed by atoms with Crippen molar-refractivity contribution in [1.29, 1.82) is 0 Å². The molecule has 1 saturated heterocycles. The van der Waals surface area contributed by atoms with Crippen LogP contribution < -0.4 is 38.9 Å². The van der Waals surface area contributed by atoms with Crippen molar-refractivity contribution >= 4 is 5.91 Å². The fourth-order valence-electron chi connectivity index (χ4n) is 6.88. The lowest BCUT2D eigenvalue weighted by Gasteiger charge is -2.50. The average Bonchev–Trinajstić information content (AvgIpc) is 2.92. The summed E-state index contributed by atoms with van der Waals surface area (Å²) < 4.78 is 18.2. The first-order chi connectivity index (χ1) is 20.4. The van der Waals surface area contributed by atoms with E-state index in [9.17, 15) is 25.2 Å². The van der Waals surface area contributed by atoms with Crippen molar-refractivity contribution in [1.82, 2.24) is 16.0 Å². The molecule has 2 heterocycles. The van der Waals surface area contributed by atoms with Gasteiger partial charge in [0.2, 0.25) is 5.91 Å². The second-order valence-corrected chi connectivity index (χ2v) is 13.0. The quantitative estimate of drug-likeness (QED) is 0.0991. The van der Waals surface area contributed by atoms with Crippen molar-refractivity contribution < 1.29 is 39.4 Å². The number of nitrogens with one attached hydrogen (secondary N) is 3. The fourth-order valence-corrected chi connectivity index (χ4v) is 6.88. The summed E-state index contributed by atoms with van der Waals surface area (Å²) >= 11 is 0. The van der Waals surface area contributed by atoms with Gasteiger partial charge in [0.1, 0.15) is 35.8 Å². The lowest BCUT2D eigenvalue weighted by molar-refractivity contribution is -0.297. The molecular weight excluding hydrogens is 562 g/mol. The highest BCUT2D eigenvalue weighted by Gasteiger charge is 2.53. The molecule has 2 aliphatic carbocycles. The first kappa shape index (κ1) is 34.4. The van der Waals surface area contributed by atoms with Crippen LogP contribution in [0.5, 0.6) is 0 Å². The number of amides is 1. The third-order valence-electron chi connectivity index (χ3n) is 9.36. The number of nitrogens with two attached hydrogens (primary N) is 4. The van der Waals surface area contributed by atoms with Gasteiger partial charge in [-0.25, -0.2) is 0 Å². The second-order valence-electron chi connectivity index (χ2n) is 13.0. The van der Waals surface area contributed by atoms with E-state index in [-0.39, 0.29) is 32.0 Å². The van der Waals surface area contributed by atoms with Crippen LogP contribution >= 0.6 is 0 Å². The monoisotopic (exact) mass is 615 g/mol. The van der Waals surface area contributed by atoms with Crippen LogP contribution in [0.15, 0.2) is 11.8 Å². The summed E-state index contributed by atoms with van der Waals surface area (Å²) in [4.78, 5) is 12.8. The molecule has 0 spiro atoms. The number of ether oxygens (including phenoxy) is 3. The molecule has 0 aromatic rings. The molecule has 15 N–H and O–H groups in total. The number of hydrogen-bond donors (Lipinski definition) is 11. The Balaban J connectivity index is 1.50. The summed E-state index contributed by atoms with van der Waals surface area (Å²) in [6.45, 7) is 2.81. The third kappa shape index (κ3) is 8.04. The molecule has 3 fully saturated rings. The maximum absolute atomic E-state index is 12.8. The van der Waals surface area contributed by atoms with Gasteiger partial charge in [-0.2, -0.15) is 0 Å². The molecule has 4 rings (SSSR count). The molecule has 0 radical (unpaired) electrons. The Labute approximate surface area is 253 Å². The third-order valence-corrected chi connectivity index (χ3v) is 9.36. The van der Waals surface area contributed by atoms with E-state index in [1.165, 1.54) is 6.92 Å². The van der Waals surface area contributed by atoms with E-state index in [0.717, 1.165) is 19.4 Å². The molecule has 0 aromatic heterocycles. The zero-order chi connectivity index (χ0) is 31.5. The minimum Gasteiger partial charge on any atom is -0.492 e. The second kappa shape index (κ2) is 14.7. The predicted molar refractivity (Wildman–Crippen MR) is 157 cm³/mol. The lowest BCUT2D eigenvalue weighted by Crippen LogP contribution is -2.69. The minimum atomic E-state index is -1.38. The topological polar surface area (TPSA) is 266 Å². The molecular formula is C28H53N7O8. The number of aliphatic hydroxyl groups excluding tert-OH is 3. The number of carbonyl (C=O) groups is 1. The molecule has 4 aliphatic rings. The number of carbonyl (C=O) groups excluding carboxylic acids is 1. The highest BCUT2D eigenvalue weighted by Crippen LogP contribution is 2.36. The van der Waals surface area contributed by atoms with Gasteiger partial charge in [0, 0.05) is 24.0 Å². The maximum atomic E-state index is 12.8. The molecule has 2 saturated carbocycles. The number of aliphatic hydroxyl groups is 4. The normalized spacial score (nSPS) is 44.1. The van der Waals surface area contributed by atoms with Gasteiger partial charge in [-0.05, 0) is 71.2 Å². The van der Waals surface area contributed by atoms with Crippen LogP contribution in [0.4, 0.5) is 0 Å². The first-order valence-electron chi connectivity index (χ1n) is 15.4. The molecule has 43 heavy (non-hydrogen) atoms. The number of hydrogen-bond acceptors (Lipinski definition) is 14. The van der Waals surface area contributed by atoms with E-state index in [2.05, 4.69) is 16.0 Å². The highest BCUT2D eigenvalue weighted by molar-refractivity contribution is 5.80. The van der Waals surface area contributed by atoms with E-state index in [1.54, 1.807) is 7.05 Å². The van der Waals surface area contributed by atoms with Crippen molar-refractivity contribution in [2.24, 2.45) is 34.8 Å². The Bertz CT molecular complexity index is 954. The summed E-state index contributed by atoms with van der Waals surface area (Å²) in [7, 11) is 1.60.